The molecule has 0 radical (unpaired) electrons. The number of hydrogen-bond acceptors (Lipinski definition) is 4. The summed E-state index contributed by atoms with van der Waals surface area (Å²) in [6.07, 6.45) is 3.88. The van der Waals surface area contributed by atoms with Gasteiger partial charge in [0.2, 0.25) is 0 Å². The SMILES string of the molecule is COc1ccccc1C(=O)N1CCC2(CC1)C[C@@H](N(C)Cc1ccccc1)CCO2. The van der Waals surface area contributed by atoms with Crippen molar-refractivity contribution < 1.29 is 14.3 Å². The molecule has 1 amide bonds. The minimum absolute atomic E-state index is 0.0517. The number of benzene rings is 2. The average molecular weight is 409 g/mol. The van der Waals surface area contributed by atoms with Crippen molar-refractivity contribution in [3.05, 3.63) is 65.7 Å². The van der Waals surface area contributed by atoms with Gasteiger partial charge in [0.25, 0.3) is 5.91 Å². The molecule has 0 bridgehead atoms. The molecule has 2 aliphatic heterocycles. The molecule has 160 valence electrons. The van der Waals surface area contributed by atoms with Gasteiger partial charge in [0.1, 0.15) is 5.75 Å². The Kier molecular flexibility index (Phi) is 6.40. The smallest absolute Gasteiger partial charge is 0.257 e. The molecule has 2 aliphatic rings. The summed E-state index contributed by atoms with van der Waals surface area (Å²) in [6, 6.07) is 18.6. The first-order valence-electron chi connectivity index (χ1n) is 10.9. The Labute approximate surface area is 179 Å². The number of nitrogens with zero attached hydrogens (tertiary/aromatic N) is 2. The lowest BCUT2D eigenvalue weighted by molar-refractivity contribution is -0.128. The Morgan fingerprint density at radius 2 is 1.83 bits per heavy atom. The van der Waals surface area contributed by atoms with Gasteiger partial charge in [0.15, 0.2) is 0 Å². The highest BCUT2D eigenvalue weighted by Crippen LogP contribution is 2.37. The molecule has 2 saturated heterocycles. The van der Waals surface area contributed by atoms with E-state index >= 15 is 0 Å². The van der Waals surface area contributed by atoms with Crippen LogP contribution in [0.3, 0.4) is 0 Å². The van der Waals surface area contributed by atoms with Gasteiger partial charge < -0.3 is 14.4 Å². The molecular weight excluding hydrogens is 376 g/mol. The first kappa shape index (κ1) is 20.9. The molecular formula is C25H32N2O3. The number of carbonyl (C=O) groups is 1. The molecule has 0 unspecified atom stereocenters. The molecule has 4 rings (SSSR count). The lowest BCUT2D eigenvalue weighted by Gasteiger charge is -2.48. The Morgan fingerprint density at radius 3 is 2.57 bits per heavy atom. The van der Waals surface area contributed by atoms with Crippen molar-refractivity contribution >= 4 is 5.91 Å². The average Bonchev–Trinajstić information content (AvgIpc) is 2.80. The lowest BCUT2D eigenvalue weighted by atomic mass is 9.81. The van der Waals surface area contributed by atoms with E-state index < -0.39 is 0 Å². The van der Waals surface area contributed by atoms with E-state index in [1.807, 2.05) is 29.2 Å². The number of hydrogen-bond donors (Lipinski definition) is 0. The van der Waals surface area contributed by atoms with E-state index in [1.54, 1.807) is 7.11 Å². The van der Waals surface area contributed by atoms with Crippen molar-refractivity contribution in [1.29, 1.82) is 0 Å². The number of methoxy groups -OCH3 is 1. The second-order valence-corrected chi connectivity index (χ2v) is 8.57. The third-order valence-electron chi connectivity index (χ3n) is 6.66. The number of carbonyl (C=O) groups excluding carboxylic acids is 1. The monoisotopic (exact) mass is 408 g/mol. The predicted molar refractivity (Wildman–Crippen MR) is 118 cm³/mol. The number of para-hydroxylation sites is 1. The number of amides is 1. The maximum absolute atomic E-state index is 13.0. The Bertz CT molecular complexity index is 846. The highest BCUT2D eigenvalue weighted by atomic mass is 16.5. The van der Waals surface area contributed by atoms with Crippen LogP contribution in [0.15, 0.2) is 54.6 Å². The fourth-order valence-corrected chi connectivity index (χ4v) is 4.84. The second kappa shape index (κ2) is 9.19. The zero-order valence-corrected chi connectivity index (χ0v) is 18.0. The number of piperidine rings is 1. The van der Waals surface area contributed by atoms with E-state index in [9.17, 15) is 4.79 Å². The van der Waals surface area contributed by atoms with Crippen molar-refractivity contribution in [2.24, 2.45) is 0 Å². The minimum Gasteiger partial charge on any atom is -0.496 e. The molecule has 0 aromatic heterocycles. The maximum atomic E-state index is 13.0. The summed E-state index contributed by atoms with van der Waals surface area (Å²) in [5.41, 5.74) is 1.88. The molecule has 1 spiro atoms. The largest absolute Gasteiger partial charge is 0.496 e. The molecule has 2 aromatic carbocycles. The molecule has 2 heterocycles. The summed E-state index contributed by atoms with van der Waals surface area (Å²) in [5.74, 6) is 0.690. The van der Waals surface area contributed by atoms with Crippen LogP contribution in [0.5, 0.6) is 5.75 Å². The topological polar surface area (TPSA) is 42.0 Å². The molecule has 1 atom stereocenters. The highest BCUT2D eigenvalue weighted by Gasteiger charge is 2.42. The van der Waals surface area contributed by atoms with Crippen LogP contribution in [-0.2, 0) is 11.3 Å². The van der Waals surface area contributed by atoms with Crippen molar-refractivity contribution in [2.45, 2.75) is 43.9 Å². The zero-order chi connectivity index (χ0) is 21.0. The van der Waals surface area contributed by atoms with Gasteiger partial charge in [-0.1, -0.05) is 42.5 Å². The number of ether oxygens (including phenoxy) is 2. The standard InChI is InChI=1S/C25H32N2O3/c1-26(19-20-8-4-3-5-9-20)21-12-17-30-25(18-21)13-15-27(16-14-25)24(28)22-10-6-7-11-23(22)29-2/h3-11,21H,12-19H2,1-2H3/t21-/m0/s1. The Balaban J connectivity index is 1.37. The van der Waals surface area contributed by atoms with Crippen LogP contribution in [0.1, 0.15) is 41.6 Å². The summed E-state index contributed by atoms with van der Waals surface area (Å²) in [6.45, 7) is 3.21. The number of likely N-dealkylation sites (tertiary alicyclic amines) is 1. The van der Waals surface area contributed by atoms with Crippen LogP contribution in [0, 0.1) is 0 Å². The third kappa shape index (κ3) is 4.52. The summed E-state index contributed by atoms with van der Waals surface area (Å²) < 4.78 is 11.7. The summed E-state index contributed by atoms with van der Waals surface area (Å²) in [4.78, 5) is 17.4. The first-order valence-corrected chi connectivity index (χ1v) is 10.9. The van der Waals surface area contributed by atoms with E-state index in [4.69, 9.17) is 9.47 Å². The van der Waals surface area contributed by atoms with E-state index in [2.05, 4.69) is 42.3 Å². The lowest BCUT2D eigenvalue weighted by Crippen LogP contribution is -2.54. The van der Waals surface area contributed by atoms with Crippen LogP contribution in [0.2, 0.25) is 0 Å². The van der Waals surface area contributed by atoms with Crippen LogP contribution in [0.4, 0.5) is 0 Å². The minimum atomic E-state index is -0.106. The van der Waals surface area contributed by atoms with Crippen LogP contribution in [0.25, 0.3) is 0 Å². The van der Waals surface area contributed by atoms with Gasteiger partial charge in [-0.3, -0.25) is 9.69 Å². The van der Waals surface area contributed by atoms with Gasteiger partial charge in [-0.05, 0) is 50.4 Å². The summed E-state index contributed by atoms with van der Waals surface area (Å²) in [7, 11) is 3.83. The first-order chi connectivity index (χ1) is 14.6. The van der Waals surface area contributed by atoms with E-state index in [0.717, 1.165) is 51.9 Å². The van der Waals surface area contributed by atoms with Crippen molar-refractivity contribution in [3.8, 4) is 5.75 Å². The van der Waals surface area contributed by atoms with Crippen molar-refractivity contribution in [1.82, 2.24) is 9.80 Å². The van der Waals surface area contributed by atoms with Crippen molar-refractivity contribution in [2.75, 3.05) is 33.9 Å². The van der Waals surface area contributed by atoms with Crippen LogP contribution >= 0.6 is 0 Å². The van der Waals surface area contributed by atoms with E-state index in [1.165, 1.54) is 5.56 Å². The van der Waals surface area contributed by atoms with Gasteiger partial charge in [-0.2, -0.15) is 0 Å². The zero-order valence-electron chi connectivity index (χ0n) is 18.0. The summed E-state index contributed by atoms with van der Waals surface area (Å²) in [5, 5.41) is 0. The van der Waals surface area contributed by atoms with Crippen LogP contribution in [-0.4, -0.2) is 61.2 Å². The molecule has 5 nitrogen and oxygen atoms in total. The maximum Gasteiger partial charge on any atom is 0.257 e. The number of rotatable bonds is 5. The van der Waals surface area contributed by atoms with Crippen LogP contribution < -0.4 is 4.74 Å². The second-order valence-electron chi connectivity index (χ2n) is 8.57. The summed E-state index contributed by atoms with van der Waals surface area (Å²) >= 11 is 0. The molecule has 0 saturated carbocycles. The molecule has 0 aliphatic carbocycles. The van der Waals surface area contributed by atoms with Gasteiger partial charge in [0.05, 0.1) is 18.3 Å². The normalized spacial score (nSPS) is 21.0. The Morgan fingerprint density at radius 1 is 1.13 bits per heavy atom. The van der Waals surface area contributed by atoms with Gasteiger partial charge in [-0.25, -0.2) is 0 Å². The van der Waals surface area contributed by atoms with Crippen molar-refractivity contribution in [3.63, 3.8) is 0 Å². The quantitative estimate of drug-likeness (QED) is 0.751. The predicted octanol–water partition coefficient (Wildman–Crippen LogP) is 3.98. The fraction of sp³-hybridized carbons (Fsp3) is 0.480. The van der Waals surface area contributed by atoms with E-state index in [0.29, 0.717) is 17.4 Å². The molecule has 5 heteroatoms. The van der Waals surface area contributed by atoms with E-state index in [-0.39, 0.29) is 11.5 Å². The highest BCUT2D eigenvalue weighted by molar-refractivity contribution is 5.97. The molecule has 30 heavy (non-hydrogen) atoms. The Hall–Kier alpha value is -2.37. The molecule has 2 aromatic rings. The molecule has 2 fully saturated rings. The van der Waals surface area contributed by atoms with Gasteiger partial charge >= 0.3 is 0 Å². The fourth-order valence-electron chi connectivity index (χ4n) is 4.84. The van der Waals surface area contributed by atoms with Gasteiger partial charge in [-0.15, -0.1) is 0 Å². The van der Waals surface area contributed by atoms with Gasteiger partial charge in [0, 0.05) is 32.3 Å². The third-order valence-corrected chi connectivity index (χ3v) is 6.66. The molecule has 0 N–H and O–H groups in total.